The molecule has 0 unspecified atom stereocenters. The maximum atomic E-state index is 4.78. The number of rotatable bonds is 2. The first-order valence-corrected chi connectivity index (χ1v) is 8.66. The van der Waals surface area contributed by atoms with E-state index in [1.54, 1.807) is 6.33 Å². The van der Waals surface area contributed by atoms with Crippen LogP contribution in [0.15, 0.2) is 48.8 Å². The second-order valence-electron chi connectivity index (χ2n) is 6.94. The van der Waals surface area contributed by atoms with Crippen molar-refractivity contribution < 1.29 is 0 Å². The van der Waals surface area contributed by atoms with Gasteiger partial charge < -0.3 is 0 Å². The van der Waals surface area contributed by atoms with Gasteiger partial charge in [-0.1, -0.05) is 38.1 Å². The maximum Gasteiger partial charge on any atom is 0.116 e. The molecule has 0 saturated carbocycles. The van der Waals surface area contributed by atoms with E-state index in [0.29, 0.717) is 5.92 Å². The molecule has 25 heavy (non-hydrogen) atoms. The van der Waals surface area contributed by atoms with Crippen LogP contribution in [0.5, 0.6) is 0 Å². The summed E-state index contributed by atoms with van der Waals surface area (Å²) in [5.74, 6) is 0.395. The van der Waals surface area contributed by atoms with E-state index in [1.165, 1.54) is 11.1 Å². The quantitative estimate of drug-likeness (QED) is 0.482. The Morgan fingerprint density at radius 1 is 0.880 bits per heavy atom. The van der Waals surface area contributed by atoms with Gasteiger partial charge in [-0.3, -0.25) is 4.98 Å². The highest BCUT2D eigenvalue weighted by molar-refractivity contribution is 5.96. The van der Waals surface area contributed by atoms with Gasteiger partial charge in [0.2, 0.25) is 0 Å². The van der Waals surface area contributed by atoms with Crippen LogP contribution in [0.3, 0.4) is 0 Å². The summed E-state index contributed by atoms with van der Waals surface area (Å²) in [5.41, 5.74) is 7.69. The van der Waals surface area contributed by atoms with Crippen molar-refractivity contribution in [2.24, 2.45) is 0 Å². The van der Waals surface area contributed by atoms with Crippen molar-refractivity contribution in [2.75, 3.05) is 0 Å². The van der Waals surface area contributed by atoms with E-state index in [-0.39, 0.29) is 0 Å². The molecule has 0 aliphatic rings. The third kappa shape index (κ3) is 2.66. The first-order chi connectivity index (χ1) is 12.0. The Labute approximate surface area is 147 Å². The lowest BCUT2D eigenvalue weighted by atomic mass is 9.94. The van der Waals surface area contributed by atoms with E-state index in [4.69, 9.17) is 4.98 Å². The van der Waals surface area contributed by atoms with Gasteiger partial charge in [-0.05, 0) is 49.1 Å². The van der Waals surface area contributed by atoms with Gasteiger partial charge in [0, 0.05) is 22.0 Å². The van der Waals surface area contributed by atoms with E-state index in [9.17, 15) is 0 Å². The number of hydrogen-bond acceptors (Lipinski definition) is 3. The third-order valence-electron chi connectivity index (χ3n) is 4.72. The fraction of sp³-hybridized carbons (Fsp3) is 0.227. The van der Waals surface area contributed by atoms with E-state index >= 15 is 0 Å². The number of fused-ring (bicyclic) bond motifs is 2. The zero-order valence-electron chi connectivity index (χ0n) is 15.0. The predicted molar refractivity (Wildman–Crippen MR) is 104 cm³/mol. The minimum Gasteiger partial charge on any atom is -0.253 e. The summed E-state index contributed by atoms with van der Waals surface area (Å²) >= 11 is 0. The second-order valence-corrected chi connectivity index (χ2v) is 6.94. The summed E-state index contributed by atoms with van der Waals surface area (Å²) < 4.78 is 0. The van der Waals surface area contributed by atoms with Crippen LogP contribution < -0.4 is 0 Å². The topological polar surface area (TPSA) is 38.7 Å². The Morgan fingerprint density at radius 2 is 1.72 bits per heavy atom. The van der Waals surface area contributed by atoms with Crippen molar-refractivity contribution in [3.05, 3.63) is 65.6 Å². The van der Waals surface area contributed by atoms with Gasteiger partial charge in [0.1, 0.15) is 6.33 Å². The molecule has 0 fully saturated rings. The lowest BCUT2D eigenvalue weighted by Gasteiger charge is -2.14. The number of para-hydroxylation sites is 1. The van der Waals surface area contributed by atoms with E-state index in [0.717, 1.165) is 38.8 Å². The first-order valence-electron chi connectivity index (χ1n) is 8.66. The van der Waals surface area contributed by atoms with Gasteiger partial charge in [-0.25, -0.2) is 9.97 Å². The number of hydrogen-bond donors (Lipinski definition) is 0. The van der Waals surface area contributed by atoms with E-state index in [1.807, 2.05) is 6.92 Å². The molecule has 0 spiro atoms. The third-order valence-corrected chi connectivity index (χ3v) is 4.72. The smallest absolute Gasteiger partial charge is 0.116 e. The summed E-state index contributed by atoms with van der Waals surface area (Å²) in [6.07, 6.45) is 1.66. The highest BCUT2D eigenvalue weighted by Crippen LogP contribution is 2.33. The molecular weight excluding hydrogens is 306 g/mol. The molecule has 2 heterocycles. The molecule has 0 bridgehead atoms. The molecule has 0 saturated heterocycles. The summed E-state index contributed by atoms with van der Waals surface area (Å²) in [4.78, 5) is 13.9. The Hall–Kier alpha value is -2.81. The normalized spacial score (nSPS) is 11.6. The molecule has 124 valence electrons. The van der Waals surface area contributed by atoms with Crippen molar-refractivity contribution in [3.63, 3.8) is 0 Å². The van der Waals surface area contributed by atoms with Crippen molar-refractivity contribution in [1.29, 1.82) is 0 Å². The molecule has 0 radical (unpaired) electrons. The standard InChI is InChI=1S/C22H21N3/c1-13(2)19-11-17(10-16-9-8-15(4)25-22(16)19)21-18-7-5-6-14(3)20(18)23-12-24-21/h5-13H,1-4H3. The van der Waals surface area contributed by atoms with Crippen LogP contribution in [0, 0.1) is 13.8 Å². The molecule has 0 amide bonds. The van der Waals surface area contributed by atoms with Crippen LogP contribution in [0.4, 0.5) is 0 Å². The van der Waals surface area contributed by atoms with E-state index in [2.05, 4.69) is 73.2 Å². The molecular formula is C22H21N3. The SMILES string of the molecule is Cc1ccc2cc(-c3ncnc4c(C)cccc34)cc(C(C)C)c2n1. The van der Waals surface area contributed by atoms with Crippen LogP contribution in [0.1, 0.15) is 36.6 Å². The average molecular weight is 327 g/mol. The molecule has 2 aromatic heterocycles. The van der Waals surface area contributed by atoms with Crippen LogP contribution in [0.2, 0.25) is 0 Å². The molecule has 4 aromatic rings. The summed E-state index contributed by atoms with van der Waals surface area (Å²) in [7, 11) is 0. The van der Waals surface area contributed by atoms with Gasteiger partial charge >= 0.3 is 0 Å². The zero-order chi connectivity index (χ0) is 17.6. The fourth-order valence-corrected chi connectivity index (χ4v) is 3.40. The van der Waals surface area contributed by atoms with Gasteiger partial charge in [0.05, 0.1) is 16.7 Å². The summed E-state index contributed by atoms with van der Waals surface area (Å²) in [6.45, 7) is 8.56. The minimum atomic E-state index is 0.395. The number of pyridine rings is 1. The Balaban J connectivity index is 2.05. The van der Waals surface area contributed by atoms with Crippen LogP contribution in [0.25, 0.3) is 33.1 Å². The molecule has 3 heteroatoms. The highest BCUT2D eigenvalue weighted by atomic mass is 14.8. The number of aryl methyl sites for hydroxylation is 2. The average Bonchev–Trinajstić information content (AvgIpc) is 2.60. The predicted octanol–water partition coefficient (Wildman–Crippen LogP) is 5.59. The van der Waals surface area contributed by atoms with Gasteiger partial charge in [0.25, 0.3) is 0 Å². The Morgan fingerprint density at radius 3 is 2.52 bits per heavy atom. The fourth-order valence-electron chi connectivity index (χ4n) is 3.40. The molecule has 3 nitrogen and oxygen atoms in total. The van der Waals surface area contributed by atoms with Crippen molar-refractivity contribution in [2.45, 2.75) is 33.6 Å². The molecule has 2 aromatic carbocycles. The molecule has 0 aliphatic carbocycles. The van der Waals surface area contributed by atoms with Gasteiger partial charge in [0.15, 0.2) is 0 Å². The van der Waals surface area contributed by atoms with E-state index < -0.39 is 0 Å². The van der Waals surface area contributed by atoms with Gasteiger partial charge in [-0.2, -0.15) is 0 Å². The number of benzene rings is 2. The first kappa shape index (κ1) is 15.7. The molecule has 4 rings (SSSR count). The van der Waals surface area contributed by atoms with Crippen LogP contribution in [-0.2, 0) is 0 Å². The monoisotopic (exact) mass is 327 g/mol. The summed E-state index contributed by atoms with van der Waals surface area (Å²) in [6, 6.07) is 14.9. The second kappa shape index (κ2) is 5.92. The van der Waals surface area contributed by atoms with Crippen molar-refractivity contribution in [1.82, 2.24) is 15.0 Å². The molecule has 0 N–H and O–H groups in total. The number of nitrogens with zero attached hydrogens (tertiary/aromatic N) is 3. The maximum absolute atomic E-state index is 4.78. The Bertz CT molecular complexity index is 1100. The highest BCUT2D eigenvalue weighted by Gasteiger charge is 2.13. The largest absolute Gasteiger partial charge is 0.253 e. The lowest BCUT2D eigenvalue weighted by molar-refractivity contribution is 0.872. The zero-order valence-corrected chi connectivity index (χ0v) is 15.0. The Kier molecular flexibility index (Phi) is 3.72. The van der Waals surface area contributed by atoms with Crippen LogP contribution >= 0.6 is 0 Å². The lowest BCUT2D eigenvalue weighted by Crippen LogP contribution is -1.97. The molecule has 0 atom stereocenters. The van der Waals surface area contributed by atoms with Gasteiger partial charge in [-0.15, -0.1) is 0 Å². The van der Waals surface area contributed by atoms with Crippen molar-refractivity contribution in [3.8, 4) is 11.3 Å². The molecule has 0 aliphatic heterocycles. The van der Waals surface area contributed by atoms with Crippen LogP contribution in [-0.4, -0.2) is 15.0 Å². The summed E-state index contributed by atoms with van der Waals surface area (Å²) in [5, 5.41) is 2.25. The van der Waals surface area contributed by atoms with Crippen molar-refractivity contribution >= 4 is 21.8 Å². The minimum absolute atomic E-state index is 0.395. The number of aromatic nitrogens is 3.